The van der Waals surface area contributed by atoms with E-state index in [-0.39, 0.29) is 18.9 Å². The topological polar surface area (TPSA) is 59.9 Å². The van der Waals surface area contributed by atoms with Crippen molar-refractivity contribution in [2.75, 3.05) is 6.61 Å². The van der Waals surface area contributed by atoms with Crippen LogP contribution >= 0.6 is 39.1 Å². The lowest BCUT2D eigenvalue weighted by atomic mass is 10.1. The second-order valence-electron chi connectivity index (χ2n) is 6.74. The van der Waals surface area contributed by atoms with Gasteiger partial charge in [0.2, 0.25) is 5.91 Å². The molecule has 0 spiro atoms. The molecule has 0 saturated heterocycles. The number of rotatable bonds is 9. The summed E-state index contributed by atoms with van der Waals surface area (Å²) < 4.78 is 12.6. The van der Waals surface area contributed by atoms with Gasteiger partial charge in [0.25, 0.3) is 0 Å². The summed E-state index contributed by atoms with van der Waals surface area (Å²) in [7, 11) is 0. The van der Waals surface area contributed by atoms with E-state index in [4.69, 9.17) is 32.7 Å². The summed E-state index contributed by atoms with van der Waals surface area (Å²) in [5, 5.41) is 5.01. The average Bonchev–Trinajstić information content (AvgIpc) is 2.76. The molecule has 0 unspecified atom stereocenters. The first-order valence-electron chi connectivity index (χ1n) is 9.85. The summed E-state index contributed by atoms with van der Waals surface area (Å²) in [4.78, 5) is 12.1. The Morgan fingerprint density at radius 1 is 1.06 bits per heavy atom. The molecule has 1 N–H and O–H groups in total. The third-order valence-electron chi connectivity index (χ3n) is 4.34. The molecule has 3 aromatic carbocycles. The number of halogens is 3. The maximum atomic E-state index is 12.1. The first-order valence-corrected chi connectivity index (χ1v) is 11.4. The maximum absolute atomic E-state index is 12.1. The normalized spacial score (nSPS) is 10.9. The van der Waals surface area contributed by atoms with Crippen LogP contribution in [0.15, 0.2) is 70.2 Å². The maximum Gasteiger partial charge on any atom is 0.244 e. The third-order valence-corrected chi connectivity index (χ3v) is 5.52. The number of carbonyl (C=O) groups is 1. The summed E-state index contributed by atoms with van der Waals surface area (Å²) in [5.41, 5.74) is 4.91. The largest absolute Gasteiger partial charge is 0.490 e. The van der Waals surface area contributed by atoms with Gasteiger partial charge in [0.15, 0.2) is 11.5 Å². The Labute approximate surface area is 205 Å². The zero-order valence-electron chi connectivity index (χ0n) is 17.3. The molecule has 3 rings (SSSR count). The molecule has 1 amide bonds. The minimum Gasteiger partial charge on any atom is -0.490 e. The van der Waals surface area contributed by atoms with Gasteiger partial charge in [-0.1, -0.05) is 69.5 Å². The van der Waals surface area contributed by atoms with Gasteiger partial charge in [0, 0.05) is 15.1 Å². The summed E-state index contributed by atoms with van der Waals surface area (Å²) in [6.07, 6.45) is 1.73. The fourth-order valence-electron chi connectivity index (χ4n) is 2.84. The van der Waals surface area contributed by atoms with Gasteiger partial charge < -0.3 is 9.47 Å². The van der Waals surface area contributed by atoms with Gasteiger partial charge in [0.1, 0.15) is 6.61 Å². The molecule has 0 radical (unpaired) electrons. The number of ether oxygens (including phenoxy) is 2. The number of hydrazone groups is 1. The van der Waals surface area contributed by atoms with Crippen molar-refractivity contribution in [3.63, 3.8) is 0 Å². The second-order valence-corrected chi connectivity index (χ2v) is 8.47. The molecule has 0 aliphatic rings. The lowest BCUT2D eigenvalue weighted by Crippen LogP contribution is -2.19. The van der Waals surface area contributed by atoms with Crippen LogP contribution < -0.4 is 14.9 Å². The molecule has 8 heteroatoms. The van der Waals surface area contributed by atoms with Gasteiger partial charge in [-0.05, 0) is 48.4 Å². The molecule has 3 aromatic rings. The number of benzene rings is 3. The van der Waals surface area contributed by atoms with Crippen LogP contribution in [0.1, 0.15) is 23.6 Å². The van der Waals surface area contributed by atoms with Crippen molar-refractivity contribution >= 4 is 51.3 Å². The molecule has 0 atom stereocenters. The van der Waals surface area contributed by atoms with E-state index in [9.17, 15) is 4.79 Å². The van der Waals surface area contributed by atoms with Crippen LogP contribution in [0.3, 0.4) is 0 Å². The molecule has 0 fully saturated rings. The Balaban J connectivity index is 1.67. The van der Waals surface area contributed by atoms with E-state index in [0.29, 0.717) is 33.7 Å². The van der Waals surface area contributed by atoms with E-state index in [1.807, 2.05) is 49.4 Å². The zero-order valence-corrected chi connectivity index (χ0v) is 20.4. The lowest BCUT2D eigenvalue weighted by Gasteiger charge is -2.15. The van der Waals surface area contributed by atoms with Gasteiger partial charge in [-0.15, -0.1) is 0 Å². The molecule has 0 aliphatic carbocycles. The number of amides is 1. The number of nitrogens with zero attached hydrogens (tertiary/aromatic N) is 1. The van der Waals surface area contributed by atoms with Crippen molar-refractivity contribution in [3.8, 4) is 11.5 Å². The molecule has 32 heavy (non-hydrogen) atoms. The molecule has 0 aliphatic heterocycles. The van der Waals surface area contributed by atoms with Crippen LogP contribution in [-0.2, 0) is 17.8 Å². The van der Waals surface area contributed by atoms with Gasteiger partial charge >= 0.3 is 0 Å². The summed E-state index contributed by atoms with van der Waals surface area (Å²) in [6, 6.07) is 18.4. The van der Waals surface area contributed by atoms with Crippen LogP contribution in [0.5, 0.6) is 11.5 Å². The van der Waals surface area contributed by atoms with E-state index >= 15 is 0 Å². The van der Waals surface area contributed by atoms with Crippen molar-refractivity contribution in [2.24, 2.45) is 5.10 Å². The predicted molar refractivity (Wildman–Crippen MR) is 132 cm³/mol. The van der Waals surface area contributed by atoms with Crippen LogP contribution in [0.2, 0.25) is 10.0 Å². The number of hydrogen-bond acceptors (Lipinski definition) is 4. The Morgan fingerprint density at radius 2 is 1.81 bits per heavy atom. The highest BCUT2D eigenvalue weighted by molar-refractivity contribution is 9.10. The van der Waals surface area contributed by atoms with E-state index < -0.39 is 0 Å². The van der Waals surface area contributed by atoms with Crippen LogP contribution in [-0.4, -0.2) is 18.7 Å². The number of nitrogens with one attached hydrogen (secondary N) is 1. The van der Waals surface area contributed by atoms with Crippen molar-refractivity contribution in [2.45, 2.75) is 20.0 Å². The zero-order chi connectivity index (χ0) is 22.9. The van der Waals surface area contributed by atoms with Crippen molar-refractivity contribution in [3.05, 3.63) is 91.9 Å². The molecule has 0 saturated carbocycles. The fraction of sp³-hybridized carbons (Fsp3) is 0.167. The summed E-state index contributed by atoms with van der Waals surface area (Å²) >= 11 is 16.0. The van der Waals surface area contributed by atoms with Crippen molar-refractivity contribution < 1.29 is 14.3 Å². The SMILES string of the molecule is CCOc1cc(/C=N\NC(=O)Cc2ccc(Br)cc2)cc(Cl)c1OCc1ccccc1Cl. The molecule has 166 valence electrons. The smallest absolute Gasteiger partial charge is 0.244 e. The monoisotopic (exact) mass is 534 g/mol. The predicted octanol–water partition coefficient (Wildman–Crippen LogP) is 6.43. The number of hydrogen-bond donors (Lipinski definition) is 1. The van der Waals surface area contributed by atoms with Crippen molar-refractivity contribution in [1.29, 1.82) is 0 Å². The van der Waals surface area contributed by atoms with E-state index in [2.05, 4.69) is 26.5 Å². The Hall–Kier alpha value is -2.54. The molecular formula is C24H21BrCl2N2O3. The lowest BCUT2D eigenvalue weighted by molar-refractivity contribution is -0.120. The average molecular weight is 536 g/mol. The van der Waals surface area contributed by atoms with Gasteiger partial charge in [0.05, 0.1) is 24.3 Å². The van der Waals surface area contributed by atoms with Gasteiger partial charge in [-0.3, -0.25) is 4.79 Å². The summed E-state index contributed by atoms with van der Waals surface area (Å²) in [6.45, 7) is 2.55. The van der Waals surface area contributed by atoms with E-state index in [0.717, 1.165) is 15.6 Å². The molecular weight excluding hydrogens is 515 g/mol. The highest BCUT2D eigenvalue weighted by Gasteiger charge is 2.13. The van der Waals surface area contributed by atoms with Gasteiger partial charge in [-0.25, -0.2) is 5.43 Å². The van der Waals surface area contributed by atoms with Crippen LogP contribution in [0, 0.1) is 0 Å². The quantitative estimate of drug-likeness (QED) is 0.254. The Kier molecular flexibility index (Phi) is 8.97. The van der Waals surface area contributed by atoms with Crippen LogP contribution in [0.4, 0.5) is 0 Å². The minimum atomic E-state index is -0.223. The molecule has 5 nitrogen and oxygen atoms in total. The standard InChI is InChI=1S/C24H21BrCl2N2O3/c1-2-31-22-12-17(14-28-29-23(30)13-16-7-9-19(25)10-8-16)11-21(27)24(22)32-15-18-5-3-4-6-20(18)26/h3-12,14H,2,13,15H2,1H3,(H,29,30)/b28-14-. The number of carbonyl (C=O) groups excluding carboxylic acids is 1. The highest BCUT2D eigenvalue weighted by atomic mass is 79.9. The fourth-order valence-corrected chi connectivity index (χ4v) is 3.57. The third kappa shape index (κ3) is 6.99. The van der Waals surface area contributed by atoms with Crippen LogP contribution in [0.25, 0.3) is 0 Å². The molecule has 0 heterocycles. The second kappa shape index (κ2) is 11.9. The molecule has 0 aromatic heterocycles. The molecule has 0 bridgehead atoms. The van der Waals surface area contributed by atoms with Gasteiger partial charge in [-0.2, -0.15) is 5.10 Å². The van der Waals surface area contributed by atoms with E-state index in [1.54, 1.807) is 18.2 Å². The highest BCUT2D eigenvalue weighted by Crippen LogP contribution is 2.37. The Morgan fingerprint density at radius 3 is 2.53 bits per heavy atom. The Bertz CT molecular complexity index is 1100. The van der Waals surface area contributed by atoms with Crippen molar-refractivity contribution in [1.82, 2.24) is 5.43 Å². The first-order chi connectivity index (χ1) is 15.5. The summed E-state index contributed by atoms with van der Waals surface area (Å²) in [5.74, 6) is 0.680. The van der Waals surface area contributed by atoms with E-state index in [1.165, 1.54) is 6.21 Å². The first kappa shape index (κ1) is 24.1. The minimum absolute atomic E-state index is 0.223.